The van der Waals surface area contributed by atoms with E-state index < -0.39 is 5.60 Å². The van der Waals surface area contributed by atoms with Gasteiger partial charge in [0.05, 0.1) is 12.2 Å². The lowest BCUT2D eigenvalue weighted by atomic mass is 9.90. The van der Waals surface area contributed by atoms with Gasteiger partial charge >= 0.3 is 6.09 Å². The number of nitrogens with one attached hydrogen (secondary N) is 1. The number of nitrogens with zero attached hydrogens (tertiary/aromatic N) is 3. The lowest BCUT2D eigenvalue weighted by Crippen LogP contribution is -2.42. The van der Waals surface area contributed by atoms with Gasteiger partial charge < -0.3 is 15.0 Å². The monoisotopic (exact) mass is 446 g/mol. The molecule has 1 N–H and O–H groups in total. The van der Waals surface area contributed by atoms with Gasteiger partial charge in [0, 0.05) is 41.8 Å². The Morgan fingerprint density at radius 2 is 1.94 bits per heavy atom. The quantitative estimate of drug-likeness (QED) is 0.590. The van der Waals surface area contributed by atoms with Gasteiger partial charge in [-0.2, -0.15) is 5.10 Å². The predicted octanol–water partition coefficient (Wildman–Crippen LogP) is 5.33. The number of benzene rings is 2. The summed E-state index contributed by atoms with van der Waals surface area (Å²) in [5.74, 6) is 0.103. The second-order valence-electron chi connectivity index (χ2n) is 10.1. The molecule has 1 saturated heterocycles. The number of hydrogen-bond acceptors (Lipinski definition) is 4. The van der Waals surface area contributed by atoms with Gasteiger partial charge in [0.1, 0.15) is 5.60 Å². The highest BCUT2D eigenvalue weighted by Crippen LogP contribution is 2.39. The first-order valence-corrected chi connectivity index (χ1v) is 11.6. The summed E-state index contributed by atoms with van der Waals surface area (Å²) in [4.78, 5) is 26.4. The highest BCUT2D eigenvalue weighted by atomic mass is 16.6. The van der Waals surface area contributed by atoms with Crippen LogP contribution < -0.4 is 5.32 Å². The molecule has 2 aliphatic heterocycles. The summed E-state index contributed by atoms with van der Waals surface area (Å²) in [5, 5.41) is 9.74. The van der Waals surface area contributed by atoms with Gasteiger partial charge in [-0.15, -0.1) is 0 Å². The van der Waals surface area contributed by atoms with Crippen molar-refractivity contribution >= 4 is 28.5 Å². The molecule has 0 spiro atoms. The lowest BCUT2D eigenvalue weighted by molar-refractivity contribution is 0.0184. The zero-order chi connectivity index (χ0) is 23.3. The zero-order valence-corrected chi connectivity index (χ0v) is 19.6. The number of hydrogen-bond donors (Lipinski definition) is 1. The molecule has 172 valence electrons. The Labute approximate surface area is 193 Å². The summed E-state index contributed by atoms with van der Waals surface area (Å²) in [6.45, 7) is 9.18. The maximum absolute atomic E-state index is 12.3. The average Bonchev–Trinajstić information content (AvgIpc) is 3.39. The van der Waals surface area contributed by atoms with E-state index in [1.807, 2.05) is 49.8 Å². The predicted molar refractivity (Wildman–Crippen MR) is 128 cm³/mol. The Morgan fingerprint density at radius 3 is 2.67 bits per heavy atom. The van der Waals surface area contributed by atoms with Crippen molar-refractivity contribution in [2.75, 3.05) is 18.4 Å². The molecule has 7 heteroatoms. The van der Waals surface area contributed by atoms with Crippen LogP contribution in [0.25, 0.3) is 10.8 Å². The maximum Gasteiger partial charge on any atom is 0.410 e. The van der Waals surface area contributed by atoms with E-state index in [0.29, 0.717) is 13.1 Å². The summed E-state index contributed by atoms with van der Waals surface area (Å²) in [6.07, 6.45) is 5.53. The third-order valence-electron chi connectivity index (χ3n) is 6.65. The van der Waals surface area contributed by atoms with Gasteiger partial charge in [0.25, 0.3) is 5.91 Å². The van der Waals surface area contributed by atoms with Crippen molar-refractivity contribution in [2.24, 2.45) is 0 Å². The van der Waals surface area contributed by atoms with E-state index in [2.05, 4.69) is 35.7 Å². The molecule has 0 radical (unpaired) electrons. The number of rotatable bonds is 3. The molecule has 0 aliphatic carbocycles. The van der Waals surface area contributed by atoms with Crippen molar-refractivity contribution in [1.82, 2.24) is 14.7 Å². The Hall–Kier alpha value is -3.35. The first kappa shape index (κ1) is 21.5. The summed E-state index contributed by atoms with van der Waals surface area (Å²) in [6, 6.07) is 10.3. The summed E-state index contributed by atoms with van der Waals surface area (Å²) >= 11 is 0. The van der Waals surface area contributed by atoms with Crippen LogP contribution in [-0.4, -0.2) is 45.4 Å². The van der Waals surface area contributed by atoms with Gasteiger partial charge in [-0.3, -0.25) is 9.48 Å². The molecule has 3 heterocycles. The van der Waals surface area contributed by atoms with Crippen molar-refractivity contribution < 1.29 is 14.3 Å². The van der Waals surface area contributed by atoms with Crippen LogP contribution in [0.2, 0.25) is 0 Å². The Balaban J connectivity index is 1.32. The number of carbonyl (C=O) groups excluding carboxylic acids is 2. The fraction of sp³-hybridized carbons (Fsp3) is 0.423. The molecule has 0 saturated carbocycles. The number of aromatic nitrogens is 2. The van der Waals surface area contributed by atoms with E-state index in [9.17, 15) is 9.59 Å². The molecule has 7 nitrogen and oxygen atoms in total. The van der Waals surface area contributed by atoms with E-state index in [1.54, 1.807) is 4.90 Å². The molecule has 3 aromatic rings. The summed E-state index contributed by atoms with van der Waals surface area (Å²) in [7, 11) is 0. The number of anilines is 1. The third kappa shape index (κ3) is 3.96. The van der Waals surface area contributed by atoms with E-state index >= 15 is 0 Å². The highest BCUT2D eigenvalue weighted by molar-refractivity contribution is 6.24. The SMILES string of the molecule is CC(c1cnn(C2CCN(C(=O)OC(C)(C)C)CC2)c1)c1ccc2c3c(cccc13)C(=O)N2. The van der Waals surface area contributed by atoms with Crippen molar-refractivity contribution in [2.45, 2.75) is 58.1 Å². The number of carbonyl (C=O) groups is 2. The first-order valence-electron chi connectivity index (χ1n) is 11.6. The maximum atomic E-state index is 12.3. The van der Waals surface area contributed by atoms with Crippen molar-refractivity contribution in [3.05, 3.63) is 59.4 Å². The molecule has 2 aromatic carbocycles. The lowest BCUT2D eigenvalue weighted by Gasteiger charge is -2.33. The molecular weight excluding hydrogens is 416 g/mol. The summed E-state index contributed by atoms with van der Waals surface area (Å²) in [5.41, 5.74) is 3.47. The van der Waals surface area contributed by atoms with Gasteiger partial charge in [-0.25, -0.2) is 4.79 Å². The number of amides is 2. The Bertz CT molecular complexity index is 1230. The molecule has 1 fully saturated rings. The second kappa shape index (κ2) is 7.90. The molecule has 1 unspecified atom stereocenters. The van der Waals surface area contributed by atoms with Crippen LogP contribution in [0.1, 0.15) is 74.0 Å². The molecule has 2 aliphatic rings. The molecular formula is C26H30N4O3. The van der Waals surface area contributed by atoms with E-state index in [-0.39, 0.29) is 24.0 Å². The van der Waals surface area contributed by atoms with E-state index in [0.717, 1.165) is 40.4 Å². The second-order valence-corrected chi connectivity index (χ2v) is 10.1. The average molecular weight is 447 g/mol. The Kier molecular flexibility index (Phi) is 5.15. The third-order valence-corrected chi connectivity index (χ3v) is 6.65. The zero-order valence-electron chi connectivity index (χ0n) is 19.6. The van der Waals surface area contributed by atoms with Crippen molar-refractivity contribution in [3.8, 4) is 0 Å². The van der Waals surface area contributed by atoms with Gasteiger partial charge in [-0.05, 0) is 62.3 Å². The molecule has 2 amide bonds. The van der Waals surface area contributed by atoms with Crippen LogP contribution >= 0.6 is 0 Å². The normalized spacial score (nSPS) is 17.3. The van der Waals surface area contributed by atoms with Gasteiger partial charge in [0.2, 0.25) is 0 Å². The smallest absolute Gasteiger partial charge is 0.410 e. The van der Waals surface area contributed by atoms with Crippen molar-refractivity contribution in [1.29, 1.82) is 0 Å². The van der Waals surface area contributed by atoms with Crippen LogP contribution in [0.5, 0.6) is 0 Å². The molecule has 33 heavy (non-hydrogen) atoms. The van der Waals surface area contributed by atoms with Crippen LogP contribution in [0.4, 0.5) is 10.5 Å². The van der Waals surface area contributed by atoms with Crippen molar-refractivity contribution in [3.63, 3.8) is 0 Å². The number of likely N-dealkylation sites (tertiary alicyclic amines) is 1. The Morgan fingerprint density at radius 1 is 1.18 bits per heavy atom. The van der Waals surface area contributed by atoms with Gasteiger partial charge in [0.15, 0.2) is 0 Å². The molecule has 1 aromatic heterocycles. The van der Waals surface area contributed by atoms with E-state index in [1.165, 1.54) is 5.56 Å². The fourth-order valence-electron chi connectivity index (χ4n) is 4.88. The topological polar surface area (TPSA) is 76.5 Å². The molecule has 0 bridgehead atoms. The van der Waals surface area contributed by atoms with Crippen LogP contribution in [0.15, 0.2) is 42.7 Å². The first-order chi connectivity index (χ1) is 15.7. The van der Waals surface area contributed by atoms with Gasteiger partial charge in [-0.1, -0.05) is 25.1 Å². The number of ether oxygens (including phenoxy) is 1. The summed E-state index contributed by atoms with van der Waals surface area (Å²) < 4.78 is 7.55. The number of piperidine rings is 1. The largest absolute Gasteiger partial charge is 0.444 e. The minimum Gasteiger partial charge on any atom is -0.444 e. The van der Waals surface area contributed by atoms with Crippen LogP contribution in [-0.2, 0) is 4.74 Å². The standard InChI is InChI=1S/C26H30N4O3/c1-16(19-8-9-22-23-20(19)6-5-7-21(23)24(31)28-22)17-14-27-30(15-17)18-10-12-29(13-11-18)25(32)33-26(2,3)4/h5-9,14-16,18H,10-13H2,1-4H3,(H,28,31). The molecule has 5 rings (SSSR count). The fourth-order valence-corrected chi connectivity index (χ4v) is 4.88. The minimum atomic E-state index is -0.479. The van der Waals surface area contributed by atoms with Crippen LogP contribution in [0.3, 0.4) is 0 Å². The van der Waals surface area contributed by atoms with E-state index in [4.69, 9.17) is 4.74 Å². The highest BCUT2D eigenvalue weighted by Gasteiger charge is 2.29. The van der Waals surface area contributed by atoms with Crippen LogP contribution in [0, 0.1) is 0 Å². The minimum absolute atomic E-state index is 0.0362. The molecule has 1 atom stereocenters.